The van der Waals surface area contributed by atoms with Crippen molar-refractivity contribution in [1.29, 1.82) is 0 Å². The number of aryl methyl sites for hydroxylation is 2. The lowest BCUT2D eigenvalue weighted by Gasteiger charge is -2.13. The van der Waals surface area contributed by atoms with Crippen LogP contribution in [0.1, 0.15) is 27.3 Å². The van der Waals surface area contributed by atoms with Crippen LogP contribution in [0.2, 0.25) is 0 Å². The van der Waals surface area contributed by atoms with Crippen LogP contribution in [0.4, 0.5) is 15.8 Å². The zero-order valence-electron chi connectivity index (χ0n) is 19.2. The summed E-state index contributed by atoms with van der Waals surface area (Å²) in [5.41, 5.74) is 3.98. The average Bonchev–Trinajstić information content (AvgIpc) is 3.42. The molecule has 1 aromatic heterocycles. The van der Waals surface area contributed by atoms with Crippen LogP contribution >= 0.6 is 0 Å². The third-order valence-corrected chi connectivity index (χ3v) is 5.78. The van der Waals surface area contributed by atoms with E-state index in [1.807, 2.05) is 44.2 Å². The number of aromatic nitrogens is 2. The normalized spacial score (nSPS) is 14.2. The molecule has 3 aromatic carbocycles. The van der Waals surface area contributed by atoms with Crippen molar-refractivity contribution >= 4 is 23.2 Å². The number of fused-ring (bicyclic) bond motifs is 1. The summed E-state index contributed by atoms with van der Waals surface area (Å²) >= 11 is 0. The van der Waals surface area contributed by atoms with Gasteiger partial charge in [0.25, 0.3) is 11.8 Å². The fraction of sp³-hybridized carbons (Fsp3) is 0.148. The fourth-order valence-electron chi connectivity index (χ4n) is 4.12. The van der Waals surface area contributed by atoms with Crippen molar-refractivity contribution in [1.82, 2.24) is 9.78 Å². The van der Waals surface area contributed by atoms with Crippen LogP contribution in [0.15, 0.2) is 72.8 Å². The van der Waals surface area contributed by atoms with Crippen LogP contribution in [0, 0.1) is 19.7 Å². The van der Waals surface area contributed by atoms with Gasteiger partial charge in [-0.05, 0) is 67.9 Å². The highest BCUT2D eigenvalue weighted by Gasteiger charge is 2.28. The SMILES string of the molecule is Cc1cc(C)n(-c2ccc(NC(=O)c3cccc(NC(=O)C4Cc5ccccc5O4)c3)cc2F)n1. The molecule has 2 amide bonds. The minimum atomic E-state index is -0.631. The summed E-state index contributed by atoms with van der Waals surface area (Å²) in [5, 5.41) is 9.80. The van der Waals surface area contributed by atoms with Crippen molar-refractivity contribution in [2.75, 3.05) is 10.6 Å². The summed E-state index contributed by atoms with van der Waals surface area (Å²) < 4.78 is 22.0. The molecule has 2 heterocycles. The molecule has 5 rings (SSSR count). The smallest absolute Gasteiger partial charge is 0.265 e. The third kappa shape index (κ3) is 4.63. The molecule has 0 aliphatic carbocycles. The number of halogens is 1. The lowest BCUT2D eigenvalue weighted by atomic mass is 10.1. The molecule has 0 radical (unpaired) electrons. The standard InChI is InChI=1S/C27H23FN4O3/c1-16-12-17(2)32(31-16)23-11-10-21(15-22(23)28)29-26(33)19-7-5-8-20(13-19)30-27(34)25-14-18-6-3-4-9-24(18)35-25/h3-13,15,25H,14H2,1-2H3,(H,29,33)(H,30,34). The van der Waals surface area contributed by atoms with E-state index >= 15 is 0 Å². The highest BCUT2D eigenvalue weighted by molar-refractivity contribution is 6.05. The zero-order chi connectivity index (χ0) is 24.5. The predicted octanol–water partition coefficient (Wildman–Crippen LogP) is 4.82. The summed E-state index contributed by atoms with van der Waals surface area (Å²) in [6.07, 6.45) is -0.143. The molecule has 0 saturated carbocycles. The summed E-state index contributed by atoms with van der Waals surface area (Å²) in [4.78, 5) is 25.5. The van der Waals surface area contributed by atoms with Crippen molar-refractivity contribution in [3.05, 3.63) is 101 Å². The van der Waals surface area contributed by atoms with Crippen molar-refractivity contribution < 1.29 is 18.7 Å². The molecule has 35 heavy (non-hydrogen) atoms. The van der Waals surface area contributed by atoms with Gasteiger partial charge in [0.1, 0.15) is 11.4 Å². The number of hydrogen-bond donors (Lipinski definition) is 2. The van der Waals surface area contributed by atoms with Gasteiger partial charge in [-0.3, -0.25) is 9.59 Å². The van der Waals surface area contributed by atoms with Gasteiger partial charge in [0.2, 0.25) is 0 Å². The highest BCUT2D eigenvalue weighted by Crippen LogP contribution is 2.29. The Morgan fingerprint density at radius 1 is 0.971 bits per heavy atom. The van der Waals surface area contributed by atoms with E-state index in [9.17, 15) is 14.0 Å². The summed E-state index contributed by atoms with van der Waals surface area (Å²) in [5.74, 6) is -0.520. The molecule has 0 bridgehead atoms. The van der Waals surface area contributed by atoms with Crippen molar-refractivity contribution in [3.63, 3.8) is 0 Å². The third-order valence-electron chi connectivity index (χ3n) is 5.78. The van der Waals surface area contributed by atoms with Gasteiger partial charge in [-0.15, -0.1) is 0 Å². The first kappa shape index (κ1) is 22.3. The largest absolute Gasteiger partial charge is 0.480 e. The predicted molar refractivity (Wildman–Crippen MR) is 131 cm³/mol. The van der Waals surface area contributed by atoms with E-state index in [1.54, 1.807) is 36.4 Å². The lowest BCUT2D eigenvalue weighted by Crippen LogP contribution is -2.31. The zero-order valence-corrected chi connectivity index (χ0v) is 19.2. The van der Waals surface area contributed by atoms with E-state index in [0.29, 0.717) is 34.8 Å². The van der Waals surface area contributed by atoms with Gasteiger partial charge < -0.3 is 15.4 Å². The second kappa shape index (κ2) is 9.06. The number of para-hydroxylation sites is 1. The number of benzene rings is 3. The number of ether oxygens (including phenoxy) is 1. The van der Waals surface area contributed by atoms with Crippen LogP contribution in [-0.4, -0.2) is 27.7 Å². The first-order valence-corrected chi connectivity index (χ1v) is 11.2. The number of amides is 2. The van der Waals surface area contributed by atoms with Crippen molar-refractivity contribution in [2.24, 2.45) is 0 Å². The minimum absolute atomic E-state index is 0.291. The van der Waals surface area contributed by atoms with Gasteiger partial charge in [-0.2, -0.15) is 5.10 Å². The van der Waals surface area contributed by atoms with Crippen LogP contribution in [0.3, 0.4) is 0 Å². The average molecular weight is 471 g/mol. The second-order valence-corrected chi connectivity index (χ2v) is 8.45. The second-order valence-electron chi connectivity index (χ2n) is 8.45. The summed E-state index contributed by atoms with van der Waals surface area (Å²) in [6, 6.07) is 20.4. The minimum Gasteiger partial charge on any atom is -0.480 e. The molecule has 8 heteroatoms. The van der Waals surface area contributed by atoms with Gasteiger partial charge >= 0.3 is 0 Å². The Hall–Kier alpha value is -4.46. The van der Waals surface area contributed by atoms with Gasteiger partial charge in [-0.1, -0.05) is 24.3 Å². The van der Waals surface area contributed by atoms with E-state index in [2.05, 4.69) is 15.7 Å². The number of rotatable bonds is 5. The van der Waals surface area contributed by atoms with Crippen molar-refractivity contribution in [3.8, 4) is 11.4 Å². The Labute approximate surface area is 201 Å². The Morgan fingerprint density at radius 3 is 2.51 bits per heavy atom. The topological polar surface area (TPSA) is 85.2 Å². The van der Waals surface area contributed by atoms with Crippen LogP contribution in [0.5, 0.6) is 5.75 Å². The van der Waals surface area contributed by atoms with E-state index in [1.165, 1.54) is 10.7 Å². The molecule has 4 aromatic rings. The number of nitrogens with one attached hydrogen (secondary N) is 2. The molecule has 1 aliphatic heterocycles. The van der Waals surface area contributed by atoms with Gasteiger partial charge in [0.15, 0.2) is 11.9 Å². The number of carbonyl (C=O) groups excluding carboxylic acids is 2. The van der Waals surface area contributed by atoms with Gasteiger partial charge in [-0.25, -0.2) is 9.07 Å². The van der Waals surface area contributed by atoms with E-state index in [0.717, 1.165) is 17.0 Å². The van der Waals surface area contributed by atoms with Crippen molar-refractivity contribution in [2.45, 2.75) is 26.4 Å². The Bertz CT molecular complexity index is 1420. The van der Waals surface area contributed by atoms with E-state index in [4.69, 9.17) is 4.74 Å². The van der Waals surface area contributed by atoms with Crippen LogP contribution in [0.25, 0.3) is 5.69 Å². The van der Waals surface area contributed by atoms with Gasteiger partial charge in [0, 0.05) is 29.1 Å². The maximum atomic E-state index is 14.8. The summed E-state index contributed by atoms with van der Waals surface area (Å²) in [6.45, 7) is 3.69. The first-order chi connectivity index (χ1) is 16.9. The first-order valence-electron chi connectivity index (χ1n) is 11.2. The quantitative estimate of drug-likeness (QED) is 0.438. The maximum Gasteiger partial charge on any atom is 0.265 e. The molecule has 0 fully saturated rings. The van der Waals surface area contributed by atoms with E-state index in [-0.39, 0.29) is 5.91 Å². The number of hydrogen-bond acceptors (Lipinski definition) is 4. The molecule has 176 valence electrons. The number of carbonyl (C=O) groups is 2. The van der Waals surface area contributed by atoms with E-state index < -0.39 is 17.8 Å². The molecule has 1 aliphatic rings. The maximum absolute atomic E-state index is 14.8. The molecule has 0 spiro atoms. The lowest BCUT2D eigenvalue weighted by molar-refractivity contribution is -0.122. The number of nitrogens with zero attached hydrogens (tertiary/aromatic N) is 2. The number of anilines is 2. The molecule has 1 unspecified atom stereocenters. The van der Waals surface area contributed by atoms with Crippen LogP contribution in [-0.2, 0) is 11.2 Å². The highest BCUT2D eigenvalue weighted by atomic mass is 19.1. The molecule has 7 nitrogen and oxygen atoms in total. The Kier molecular flexibility index (Phi) is 5.78. The molecule has 1 atom stereocenters. The molecule has 2 N–H and O–H groups in total. The molecular formula is C27H23FN4O3. The van der Waals surface area contributed by atoms with Crippen LogP contribution < -0.4 is 15.4 Å². The monoisotopic (exact) mass is 470 g/mol. The fourth-order valence-corrected chi connectivity index (χ4v) is 4.12. The molecule has 0 saturated heterocycles. The molecular weight excluding hydrogens is 447 g/mol. The Balaban J connectivity index is 1.26. The Morgan fingerprint density at radius 2 is 1.77 bits per heavy atom. The summed E-state index contributed by atoms with van der Waals surface area (Å²) in [7, 11) is 0. The van der Waals surface area contributed by atoms with Gasteiger partial charge in [0.05, 0.1) is 5.69 Å².